The van der Waals surface area contributed by atoms with Gasteiger partial charge in [0.15, 0.2) is 0 Å². The van der Waals surface area contributed by atoms with Crippen LogP contribution in [0.15, 0.2) is 188 Å². The van der Waals surface area contributed by atoms with Crippen LogP contribution in [0.25, 0.3) is 72.0 Å². The highest BCUT2D eigenvalue weighted by Gasteiger charge is 2.52. The fourth-order valence-corrected chi connectivity index (χ4v) is 9.29. The summed E-state index contributed by atoms with van der Waals surface area (Å²) in [4.78, 5) is 0. The summed E-state index contributed by atoms with van der Waals surface area (Å²) in [5.41, 5.74) is 18.9. The molecule has 0 bridgehead atoms. The van der Waals surface area contributed by atoms with Crippen molar-refractivity contribution >= 4 is 34.4 Å². The van der Waals surface area contributed by atoms with Crippen LogP contribution in [0.1, 0.15) is 42.5 Å². The Balaban J connectivity index is 0.000000760. The summed E-state index contributed by atoms with van der Waals surface area (Å²) < 4.78 is 2.56. The average Bonchev–Trinajstić information content (AvgIpc) is 3.87. The highest BCUT2D eigenvalue weighted by molar-refractivity contribution is 7.79. The summed E-state index contributed by atoms with van der Waals surface area (Å²) in [6.45, 7) is 4.25. The van der Waals surface area contributed by atoms with E-state index in [-0.39, 0.29) is 0 Å². The molecule has 2 aliphatic rings. The molecule has 1 nitrogen and oxygen atoms in total. The van der Waals surface area contributed by atoms with Gasteiger partial charge in [-0.1, -0.05) is 184 Å². The van der Waals surface area contributed by atoms with Crippen molar-refractivity contribution in [3.63, 3.8) is 0 Å². The van der Waals surface area contributed by atoms with Gasteiger partial charge in [0.25, 0.3) is 0 Å². The van der Waals surface area contributed by atoms with Gasteiger partial charge in [-0.15, -0.1) is 0 Å². The van der Waals surface area contributed by atoms with Crippen LogP contribution in [0.5, 0.6) is 0 Å². The zero-order chi connectivity index (χ0) is 37.5. The molecule has 0 N–H and O–H groups in total. The van der Waals surface area contributed by atoms with E-state index in [0.717, 1.165) is 0 Å². The van der Waals surface area contributed by atoms with Crippen LogP contribution < -0.4 is 0 Å². The van der Waals surface area contributed by atoms with Gasteiger partial charge in [-0.3, -0.25) is 0 Å². The first-order valence-corrected chi connectivity index (χ1v) is 20.2. The number of nitrogens with zero attached hydrogens (tertiary/aromatic N) is 1. The quantitative estimate of drug-likeness (QED) is 0.173. The highest BCUT2D eigenvalue weighted by Crippen LogP contribution is 2.63. The van der Waals surface area contributed by atoms with Crippen molar-refractivity contribution in [2.45, 2.75) is 25.7 Å². The first-order chi connectivity index (χ1) is 27.3. The lowest BCUT2D eigenvalue weighted by Gasteiger charge is -2.30. The number of fused-ring (bicyclic) bond motifs is 13. The molecule has 11 rings (SSSR count). The molecule has 0 fully saturated rings. The van der Waals surface area contributed by atoms with Crippen molar-refractivity contribution in [3.8, 4) is 50.2 Å². The Morgan fingerprint density at radius 2 is 0.909 bits per heavy atom. The molecule has 1 heterocycles. The minimum absolute atomic E-state index is 0.392. The SMILES string of the molecule is CCC.CS.c1ccc(-c2cc(-c3ccccc3)c3c(c2)c2ccccc2n3-c2cccc3c2-c2ccccc2C32c3ccccc3-c3ccccc32)cc1. The van der Waals surface area contributed by atoms with E-state index < -0.39 is 5.41 Å². The smallest absolute Gasteiger partial charge is 0.0726 e. The van der Waals surface area contributed by atoms with Gasteiger partial charge in [0.1, 0.15) is 0 Å². The minimum Gasteiger partial charge on any atom is -0.308 e. The molecule has 2 heteroatoms. The van der Waals surface area contributed by atoms with Crippen molar-refractivity contribution in [3.05, 3.63) is 210 Å². The maximum atomic E-state index is 3.53. The second-order valence-electron chi connectivity index (χ2n) is 14.3. The first kappa shape index (κ1) is 34.7. The zero-order valence-corrected chi connectivity index (χ0v) is 32.4. The fraction of sp³-hybridized carbons (Fsp3) is 0.0943. The normalized spacial score (nSPS) is 12.6. The van der Waals surface area contributed by atoms with Gasteiger partial charge in [-0.25, -0.2) is 0 Å². The molecule has 2 aliphatic carbocycles. The van der Waals surface area contributed by atoms with Crippen LogP contribution in [0.2, 0.25) is 0 Å². The molecule has 0 unspecified atom stereocenters. The summed E-state index contributed by atoms with van der Waals surface area (Å²) in [6, 6.07) is 69.7. The van der Waals surface area contributed by atoms with Crippen LogP contribution in [0.3, 0.4) is 0 Å². The molecule has 1 aromatic heterocycles. The molecule has 0 saturated carbocycles. The molecule has 266 valence electrons. The van der Waals surface area contributed by atoms with E-state index >= 15 is 0 Å². The van der Waals surface area contributed by atoms with Crippen molar-refractivity contribution in [1.29, 1.82) is 0 Å². The summed E-state index contributed by atoms with van der Waals surface area (Å²) in [7, 11) is 0. The first-order valence-electron chi connectivity index (χ1n) is 19.3. The predicted octanol–water partition coefficient (Wildman–Crippen LogP) is 14.4. The maximum Gasteiger partial charge on any atom is 0.0726 e. The lowest BCUT2D eigenvalue weighted by Crippen LogP contribution is -2.25. The molecular weight excluding hydrogens is 683 g/mol. The van der Waals surface area contributed by atoms with Crippen molar-refractivity contribution in [2.75, 3.05) is 6.26 Å². The van der Waals surface area contributed by atoms with Gasteiger partial charge in [0, 0.05) is 21.9 Å². The van der Waals surface area contributed by atoms with Crippen molar-refractivity contribution in [1.82, 2.24) is 4.57 Å². The Labute approximate surface area is 330 Å². The summed E-state index contributed by atoms with van der Waals surface area (Å²) >= 11 is 3.53. The monoisotopic (exact) mass is 725 g/mol. The topological polar surface area (TPSA) is 4.93 Å². The number of rotatable bonds is 3. The van der Waals surface area contributed by atoms with Crippen molar-refractivity contribution in [2.24, 2.45) is 0 Å². The largest absolute Gasteiger partial charge is 0.308 e. The Morgan fingerprint density at radius 1 is 0.418 bits per heavy atom. The standard InChI is InChI=1S/C49H31N.C3H8.CH4S/c1-3-16-32(17-4-1)34-30-39(33-18-5-2-6-19-33)48-40(31-34)37-22-10-14-28-45(37)50(48)46-29-15-27-44-47(46)38-23-9-13-26-43(38)49(44)41-24-11-7-20-35(41)36-21-8-12-25-42(36)49;1-3-2;1-2/h1-31H;3H2,1-2H3;2H,1H3. The van der Waals surface area contributed by atoms with E-state index in [1.54, 1.807) is 6.26 Å². The van der Waals surface area contributed by atoms with E-state index in [1.807, 2.05) is 0 Å². The van der Waals surface area contributed by atoms with E-state index in [1.165, 1.54) is 101 Å². The van der Waals surface area contributed by atoms with E-state index in [0.29, 0.717) is 0 Å². The summed E-state index contributed by atoms with van der Waals surface area (Å²) in [5.74, 6) is 0. The zero-order valence-electron chi connectivity index (χ0n) is 31.5. The third-order valence-corrected chi connectivity index (χ3v) is 11.2. The average molecular weight is 726 g/mol. The summed E-state index contributed by atoms with van der Waals surface area (Å²) in [5, 5.41) is 2.52. The number of hydrogen-bond acceptors (Lipinski definition) is 1. The fourth-order valence-electron chi connectivity index (χ4n) is 9.29. The Bertz CT molecular complexity index is 2780. The minimum atomic E-state index is -0.392. The second-order valence-corrected chi connectivity index (χ2v) is 14.3. The van der Waals surface area contributed by atoms with Crippen LogP contribution in [0, 0.1) is 0 Å². The molecule has 0 atom stereocenters. The molecule has 0 aliphatic heterocycles. The number of benzene rings is 8. The molecule has 9 aromatic rings. The van der Waals surface area contributed by atoms with Gasteiger partial charge >= 0.3 is 0 Å². The Hall–Kier alpha value is -6.09. The molecule has 0 saturated heterocycles. The predicted molar refractivity (Wildman–Crippen MR) is 239 cm³/mol. The number of aromatic nitrogens is 1. The van der Waals surface area contributed by atoms with Gasteiger partial charge in [-0.05, 0) is 86.2 Å². The van der Waals surface area contributed by atoms with Crippen LogP contribution >= 0.6 is 12.6 Å². The second kappa shape index (κ2) is 14.3. The number of thiol groups is 1. The van der Waals surface area contributed by atoms with Crippen molar-refractivity contribution < 1.29 is 0 Å². The Kier molecular flexibility index (Phi) is 9.00. The third-order valence-electron chi connectivity index (χ3n) is 11.2. The van der Waals surface area contributed by atoms with Gasteiger partial charge in [0.05, 0.1) is 22.1 Å². The summed E-state index contributed by atoms with van der Waals surface area (Å²) in [6.07, 6.45) is 2.94. The highest BCUT2D eigenvalue weighted by atomic mass is 32.1. The van der Waals surface area contributed by atoms with Gasteiger partial charge in [0.2, 0.25) is 0 Å². The molecular formula is C53H43NS. The third kappa shape index (κ3) is 5.16. The molecule has 0 amide bonds. The van der Waals surface area contributed by atoms with Gasteiger partial charge in [-0.2, -0.15) is 12.6 Å². The van der Waals surface area contributed by atoms with E-state index in [9.17, 15) is 0 Å². The molecule has 8 aromatic carbocycles. The van der Waals surface area contributed by atoms with E-state index in [4.69, 9.17) is 0 Å². The molecule has 55 heavy (non-hydrogen) atoms. The Morgan fingerprint density at radius 3 is 1.55 bits per heavy atom. The van der Waals surface area contributed by atoms with Crippen LogP contribution in [0.4, 0.5) is 0 Å². The lowest BCUT2D eigenvalue weighted by molar-refractivity contribution is 0.793. The van der Waals surface area contributed by atoms with Gasteiger partial charge < -0.3 is 4.57 Å². The maximum absolute atomic E-state index is 3.53. The molecule has 1 spiro atoms. The molecule has 0 radical (unpaired) electrons. The van der Waals surface area contributed by atoms with E-state index in [2.05, 4.69) is 219 Å². The lowest BCUT2D eigenvalue weighted by atomic mass is 9.70. The number of hydrogen-bond donors (Lipinski definition) is 1. The van der Waals surface area contributed by atoms with Crippen LogP contribution in [-0.2, 0) is 5.41 Å². The number of para-hydroxylation sites is 1. The van der Waals surface area contributed by atoms with Crippen LogP contribution in [-0.4, -0.2) is 10.8 Å².